The highest BCUT2D eigenvalue weighted by Crippen LogP contribution is 2.21. The summed E-state index contributed by atoms with van der Waals surface area (Å²) < 4.78 is 0. The quantitative estimate of drug-likeness (QED) is 0.722. The number of hydrogen-bond donors (Lipinski definition) is 0. The lowest BCUT2D eigenvalue weighted by atomic mass is 10.1. The number of pyridine rings is 2. The fraction of sp³-hybridized carbons (Fsp3) is 0.118. The molecule has 2 aromatic heterocycles. The van der Waals surface area contributed by atoms with Crippen molar-refractivity contribution in [3.8, 4) is 0 Å². The molecule has 0 aliphatic carbocycles. The number of fused-ring (bicyclic) bond motifs is 1. The Morgan fingerprint density at radius 2 is 2.00 bits per heavy atom. The van der Waals surface area contributed by atoms with Gasteiger partial charge in [-0.25, -0.2) is 0 Å². The Kier molecular flexibility index (Phi) is 3.36. The van der Waals surface area contributed by atoms with Crippen LogP contribution in [0.2, 0.25) is 0 Å². The third kappa shape index (κ3) is 2.48. The van der Waals surface area contributed by atoms with Gasteiger partial charge in [0.05, 0.1) is 5.52 Å². The maximum Gasteiger partial charge on any atom is 0.258 e. The molecule has 4 nitrogen and oxygen atoms in total. The van der Waals surface area contributed by atoms with Gasteiger partial charge in [0.2, 0.25) is 0 Å². The normalized spacial score (nSPS) is 10.6. The van der Waals surface area contributed by atoms with E-state index < -0.39 is 0 Å². The van der Waals surface area contributed by atoms with E-state index in [1.807, 2.05) is 37.3 Å². The van der Waals surface area contributed by atoms with Gasteiger partial charge >= 0.3 is 0 Å². The van der Waals surface area contributed by atoms with Crippen LogP contribution in [-0.2, 0) is 0 Å². The number of aromatic nitrogens is 2. The number of carbonyl (C=O) groups excluding carboxylic acids is 1. The second-order valence-corrected chi connectivity index (χ2v) is 4.94. The summed E-state index contributed by atoms with van der Waals surface area (Å²) in [6, 6.07) is 11.4. The molecule has 0 fully saturated rings. The lowest BCUT2D eigenvalue weighted by molar-refractivity contribution is 0.0992. The standard InChI is InChI=1S/C17H15N3O/c1-12-11-18-9-7-15(12)17(21)20(2)14-5-6-16-13(10-14)4-3-8-19-16/h3-11H,1-2H3. The van der Waals surface area contributed by atoms with E-state index in [0.717, 1.165) is 22.2 Å². The molecule has 2 heterocycles. The van der Waals surface area contributed by atoms with Crippen LogP contribution >= 0.6 is 0 Å². The smallest absolute Gasteiger partial charge is 0.258 e. The van der Waals surface area contributed by atoms with E-state index in [2.05, 4.69) is 9.97 Å². The maximum atomic E-state index is 12.6. The summed E-state index contributed by atoms with van der Waals surface area (Å²) >= 11 is 0. The van der Waals surface area contributed by atoms with Crippen LogP contribution in [0.25, 0.3) is 10.9 Å². The summed E-state index contributed by atoms with van der Waals surface area (Å²) in [5.41, 5.74) is 3.30. The Morgan fingerprint density at radius 1 is 1.14 bits per heavy atom. The molecular formula is C17H15N3O. The Hall–Kier alpha value is -2.75. The summed E-state index contributed by atoms with van der Waals surface area (Å²) in [7, 11) is 1.78. The lowest BCUT2D eigenvalue weighted by Gasteiger charge is -2.18. The lowest BCUT2D eigenvalue weighted by Crippen LogP contribution is -2.26. The van der Waals surface area contributed by atoms with Gasteiger partial charge in [-0.3, -0.25) is 14.8 Å². The van der Waals surface area contributed by atoms with Gasteiger partial charge in [-0.1, -0.05) is 6.07 Å². The van der Waals surface area contributed by atoms with E-state index in [-0.39, 0.29) is 5.91 Å². The first-order chi connectivity index (χ1) is 10.2. The molecule has 1 aromatic carbocycles. The molecule has 21 heavy (non-hydrogen) atoms. The number of rotatable bonds is 2. The third-order valence-electron chi connectivity index (χ3n) is 3.53. The SMILES string of the molecule is Cc1cnccc1C(=O)N(C)c1ccc2ncccc2c1. The van der Waals surface area contributed by atoms with Crippen molar-refractivity contribution in [2.75, 3.05) is 11.9 Å². The molecule has 0 spiro atoms. The number of benzene rings is 1. The van der Waals surface area contributed by atoms with Crippen molar-refractivity contribution in [3.05, 3.63) is 66.1 Å². The molecule has 0 aliphatic rings. The highest BCUT2D eigenvalue weighted by Gasteiger charge is 2.15. The van der Waals surface area contributed by atoms with Crippen molar-refractivity contribution in [2.45, 2.75) is 6.92 Å². The van der Waals surface area contributed by atoms with Gasteiger partial charge in [-0.05, 0) is 42.8 Å². The predicted octanol–water partition coefficient (Wildman–Crippen LogP) is 3.21. The maximum absolute atomic E-state index is 12.6. The van der Waals surface area contributed by atoms with Gasteiger partial charge in [0.25, 0.3) is 5.91 Å². The molecule has 3 aromatic rings. The van der Waals surface area contributed by atoms with Gasteiger partial charge in [0.15, 0.2) is 0 Å². The summed E-state index contributed by atoms with van der Waals surface area (Å²) in [6.45, 7) is 1.89. The highest BCUT2D eigenvalue weighted by molar-refractivity contribution is 6.07. The predicted molar refractivity (Wildman–Crippen MR) is 83.5 cm³/mol. The number of anilines is 1. The first kappa shape index (κ1) is 13.2. The first-order valence-electron chi connectivity index (χ1n) is 6.70. The molecular weight excluding hydrogens is 262 g/mol. The van der Waals surface area contributed by atoms with Gasteiger partial charge in [0, 0.05) is 42.3 Å². The minimum Gasteiger partial charge on any atom is -0.311 e. The number of aryl methyl sites for hydroxylation is 1. The van der Waals surface area contributed by atoms with E-state index in [0.29, 0.717) is 5.56 Å². The summed E-state index contributed by atoms with van der Waals surface area (Å²) in [5.74, 6) is -0.0434. The van der Waals surface area contributed by atoms with E-state index in [4.69, 9.17) is 0 Å². The van der Waals surface area contributed by atoms with Crippen molar-refractivity contribution in [3.63, 3.8) is 0 Å². The fourth-order valence-electron chi connectivity index (χ4n) is 2.28. The Bertz CT molecular complexity index is 814. The van der Waals surface area contributed by atoms with Crippen molar-refractivity contribution in [1.82, 2.24) is 9.97 Å². The minimum absolute atomic E-state index is 0.0434. The molecule has 0 unspecified atom stereocenters. The molecule has 0 radical (unpaired) electrons. The zero-order chi connectivity index (χ0) is 14.8. The molecule has 4 heteroatoms. The Labute approximate surface area is 123 Å². The van der Waals surface area contributed by atoms with E-state index in [9.17, 15) is 4.79 Å². The van der Waals surface area contributed by atoms with Gasteiger partial charge < -0.3 is 4.90 Å². The molecule has 0 aliphatic heterocycles. The number of amides is 1. The average Bonchev–Trinajstić information content (AvgIpc) is 2.53. The van der Waals surface area contributed by atoms with Crippen LogP contribution in [0.4, 0.5) is 5.69 Å². The van der Waals surface area contributed by atoms with Gasteiger partial charge in [-0.15, -0.1) is 0 Å². The molecule has 1 amide bonds. The zero-order valence-electron chi connectivity index (χ0n) is 11.9. The molecule has 3 rings (SSSR count). The highest BCUT2D eigenvalue weighted by atomic mass is 16.2. The van der Waals surface area contributed by atoms with Crippen molar-refractivity contribution in [1.29, 1.82) is 0 Å². The summed E-state index contributed by atoms with van der Waals surface area (Å²) in [6.07, 6.45) is 5.10. The van der Waals surface area contributed by atoms with Crippen molar-refractivity contribution in [2.24, 2.45) is 0 Å². The monoisotopic (exact) mass is 277 g/mol. The van der Waals surface area contributed by atoms with Crippen LogP contribution < -0.4 is 4.90 Å². The molecule has 0 atom stereocenters. The van der Waals surface area contributed by atoms with Crippen LogP contribution in [0.1, 0.15) is 15.9 Å². The molecule has 0 saturated heterocycles. The number of hydrogen-bond acceptors (Lipinski definition) is 3. The van der Waals surface area contributed by atoms with Gasteiger partial charge in [-0.2, -0.15) is 0 Å². The third-order valence-corrected chi connectivity index (χ3v) is 3.53. The molecule has 0 saturated carbocycles. The van der Waals surface area contributed by atoms with Crippen molar-refractivity contribution < 1.29 is 4.79 Å². The summed E-state index contributed by atoms with van der Waals surface area (Å²) in [5, 5.41) is 1.01. The average molecular weight is 277 g/mol. The largest absolute Gasteiger partial charge is 0.311 e. The molecule has 0 N–H and O–H groups in total. The van der Waals surface area contributed by atoms with Crippen LogP contribution in [0.15, 0.2) is 55.0 Å². The van der Waals surface area contributed by atoms with Crippen LogP contribution in [-0.4, -0.2) is 22.9 Å². The number of nitrogens with zero attached hydrogens (tertiary/aromatic N) is 3. The van der Waals surface area contributed by atoms with E-state index in [1.165, 1.54) is 0 Å². The Morgan fingerprint density at radius 3 is 2.81 bits per heavy atom. The topological polar surface area (TPSA) is 46.1 Å². The second kappa shape index (κ2) is 5.32. The van der Waals surface area contributed by atoms with Gasteiger partial charge in [0.1, 0.15) is 0 Å². The summed E-state index contributed by atoms with van der Waals surface area (Å²) in [4.78, 5) is 22.5. The fourth-order valence-corrected chi connectivity index (χ4v) is 2.28. The zero-order valence-corrected chi connectivity index (χ0v) is 11.9. The van der Waals surface area contributed by atoms with Crippen LogP contribution in [0, 0.1) is 6.92 Å². The molecule has 104 valence electrons. The first-order valence-corrected chi connectivity index (χ1v) is 6.70. The Balaban J connectivity index is 1.98. The minimum atomic E-state index is -0.0434. The van der Waals surface area contributed by atoms with E-state index >= 15 is 0 Å². The van der Waals surface area contributed by atoms with Crippen molar-refractivity contribution >= 4 is 22.5 Å². The van der Waals surface area contributed by atoms with Crippen LogP contribution in [0.5, 0.6) is 0 Å². The molecule has 0 bridgehead atoms. The number of carbonyl (C=O) groups is 1. The van der Waals surface area contributed by atoms with Crippen LogP contribution in [0.3, 0.4) is 0 Å². The van der Waals surface area contributed by atoms with E-state index in [1.54, 1.807) is 36.6 Å². The second-order valence-electron chi connectivity index (χ2n) is 4.94.